The van der Waals surface area contributed by atoms with Gasteiger partial charge in [0.1, 0.15) is 0 Å². The molecule has 0 unspecified atom stereocenters. The summed E-state index contributed by atoms with van der Waals surface area (Å²) in [6.07, 6.45) is 3.10. The van der Waals surface area contributed by atoms with E-state index < -0.39 is 10.2 Å². The predicted octanol–water partition coefficient (Wildman–Crippen LogP) is -0.250. The summed E-state index contributed by atoms with van der Waals surface area (Å²) in [5.74, 6) is 0. The molecule has 0 amide bonds. The molecule has 2 N–H and O–H groups in total. The Morgan fingerprint density at radius 3 is 2.07 bits per heavy atom. The molecule has 88 valence electrons. The van der Waals surface area contributed by atoms with E-state index in [2.05, 4.69) is 0 Å². The van der Waals surface area contributed by atoms with E-state index in [1.165, 1.54) is 4.31 Å². The Labute approximate surface area is 91.4 Å². The van der Waals surface area contributed by atoms with E-state index in [9.17, 15) is 8.42 Å². The smallest absolute Gasteiger partial charge is 0.282 e. The van der Waals surface area contributed by atoms with Gasteiger partial charge in [-0.2, -0.15) is 17.0 Å². The summed E-state index contributed by atoms with van der Waals surface area (Å²) in [5, 5.41) is 0. The lowest BCUT2D eigenvalue weighted by atomic mass is 9.97. The van der Waals surface area contributed by atoms with Gasteiger partial charge in [0.25, 0.3) is 10.2 Å². The van der Waals surface area contributed by atoms with Gasteiger partial charge in [0, 0.05) is 31.7 Å². The lowest BCUT2D eigenvalue weighted by Crippen LogP contribution is -2.68. The van der Waals surface area contributed by atoms with Crippen molar-refractivity contribution in [2.24, 2.45) is 5.73 Å². The van der Waals surface area contributed by atoms with Gasteiger partial charge in [0.2, 0.25) is 0 Å². The summed E-state index contributed by atoms with van der Waals surface area (Å²) >= 11 is 0. The average molecular weight is 233 g/mol. The minimum absolute atomic E-state index is 0.330. The average Bonchev–Trinajstić information content (AvgIpc) is 2.15. The molecule has 0 spiro atoms. The second-order valence-corrected chi connectivity index (χ2v) is 6.82. The molecule has 0 radical (unpaired) electrons. The van der Waals surface area contributed by atoms with Gasteiger partial charge in [0.15, 0.2) is 0 Å². The van der Waals surface area contributed by atoms with Gasteiger partial charge in [-0.25, -0.2) is 0 Å². The van der Waals surface area contributed by atoms with Crippen molar-refractivity contribution in [2.45, 2.75) is 31.7 Å². The first kappa shape index (κ1) is 11.3. The van der Waals surface area contributed by atoms with E-state index in [4.69, 9.17) is 5.73 Å². The predicted molar refractivity (Wildman–Crippen MR) is 58.5 cm³/mol. The van der Waals surface area contributed by atoms with E-state index in [1.807, 2.05) is 6.92 Å². The number of nitrogens with zero attached hydrogens (tertiary/aromatic N) is 2. The second-order valence-electron chi connectivity index (χ2n) is 4.89. The highest BCUT2D eigenvalue weighted by molar-refractivity contribution is 7.86. The molecule has 0 aliphatic carbocycles. The van der Waals surface area contributed by atoms with Crippen LogP contribution in [0, 0.1) is 0 Å². The van der Waals surface area contributed by atoms with Crippen LogP contribution in [-0.4, -0.2) is 48.7 Å². The fourth-order valence-corrected chi connectivity index (χ4v) is 4.14. The zero-order valence-electron chi connectivity index (χ0n) is 9.15. The summed E-state index contributed by atoms with van der Waals surface area (Å²) in [7, 11) is -3.21. The van der Waals surface area contributed by atoms with Gasteiger partial charge >= 0.3 is 0 Å². The highest BCUT2D eigenvalue weighted by Crippen LogP contribution is 2.25. The molecular formula is C9H19N3O2S. The quantitative estimate of drug-likeness (QED) is 0.715. The monoisotopic (exact) mass is 233 g/mol. The van der Waals surface area contributed by atoms with E-state index >= 15 is 0 Å². The van der Waals surface area contributed by atoms with E-state index in [0.717, 1.165) is 19.3 Å². The number of hydrogen-bond acceptors (Lipinski definition) is 3. The number of nitrogens with two attached hydrogens (primary N) is 1. The molecule has 5 nitrogen and oxygen atoms in total. The Balaban J connectivity index is 2.01. The van der Waals surface area contributed by atoms with Gasteiger partial charge in [-0.1, -0.05) is 6.42 Å². The highest BCUT2D eigenvalue weighted by Gasteiger charge is 2.44. The fraction of sp³-hybridized carbons (Fsp3) is 1.00. The van der Waals surface area contributed by atoms with Crippen molar-refractivity contribution in [1.29, 1.82) is 0 Å². The largest absolute Gasteiger partial charge is 0.323 e. The standard InChI is InChI=1S/C9H19N3O2S/c1-9(10)7-12(8-9)15(13,14)11-5-3-2-4-6-11/h2-8,10H2,1H3. The fourth-order valence-electron chi connectivity index (χ4n) is 2.18. The zero-order chi connectivity index (χ0) is 11.1. The highest BCUT2D eigenvalue weighted by atomic mass is 32.2. The molecule has 2 aliphatic rings. The SMILES string of the molecule is CC1(N)CN(S(=O)(=O)N2CCCCC2)C1. The van der Waals surface area contributed by atoms with Crippen LogP contribution in [0.2, 0.25) is 0 Å². The Bertz CT molecular complexity index is 325. The summed E-state index contributed by atoms with van der Waals surface area (Å²) in [6, 6.07) is 0. The first-order valence-electron chi connectivity index (χ1n) is 5.46. The summed E-state index contributed by atoms with van der Waals surface area (Å²) in [4.78, 5) is 0. The van der Waals surface area contributed by atoms with Gasteiger partial charge in [-0.15, -0.1) is 0 Å². The zero-order valence-corrected chi connectivity index (χ0v) is 9.96. The topological polar surface area (TPSA) is 66.6 Å². The van der Waals surface area contributed by atoms with Crippen LogP contribution >= 0.6 is 0 Å². The van der Waals surface area contributed by atoms with E-state index in [0.29, 0.717) is 26.2 Å². The Morgan fingerprint density at radius 1 is 1.07 bits per heavy atom. The molecule has 15 heavy (non-hydrogen) atoms. The van der Waals surface area contributed by atoms with Crippen molar-refractivity contribution in [2.75, 3.05) is 26.2 Å². The van der Waals surface area contributed by atoms with Crippen molar-refractivity contribution in [3.8, 4) is 0 Å². The van der Waals surface area contributed by atoms with Crippen molar-refractivity contribution in [3.63, 3.8) is 0 Å². The van der Waals surface area contributed by atoms with Gasteiger partial charge in [0.05, 0.1) is 0 Å². The Morgan fingerprint density at radius 2 is 1.60 bits per heavy atom. The molecule has 2 rings (SSSR count). The molecule has 0 saturated carbocycles. The molecule has 0 aromatic heterocycles. The maximum atomic E-state index is 12.1. The molecule has 0 aromatic carbocycles. The second kappa shape index (κ2) is 3.69. The van der Waals surface area contributed by atoms with Gasteiger partial charge in [-0.3, -0.25) is 0 Å². The Kier molecular flexibility index (Phi) is 2.79. The van der Waals surface area contributed by atoms with Crippen LogP contribution in [0.1, 0.15) is 26.2 Å². The van der Waals surface area contributed by atoms with Crippen LogP contribution in [0.4, 0.5) is 0 Å². The third-order valence-electron chi connectivity index (χ3n) is 3.04. The number of rotatable bonds is 2. The normalized spacial score (nSPS) is 28.7. The van der Waals surface area contributed by atoms with E-state index in [1.54, 1.807) is 4.31 Å². The third kappa shape index (κ3) is 2.18. The van der Waals surface area contributed by atoms with Gasteiger partial charge < -0.3 is 5.73 Å². The molecule has 0 aromatic rings. The van der Waals surface area contributed by atoms with Crippen molar-refractivity contribution in [1.82, 2.24) is 8.61 Å². The molecule has 2 fully saturated rings. The molecular weight excluding hydrogens is 214 g/mol. The summed E-state index contributed by atoms with van der Waals surface area (Å²) in [5.41, 5.74) is 5.48. The molecule has 0 atom stereocenters. The van der Waals surface area contributed by atoms with Gasteiger partial charge in [-0.05, 0) is 19.8 Å². The molecule has 2 saturated heterocycles. The maximum absolute atomic E-state index is 12.1. The van der Waals surface area contributed by atoms with Crippen LogP contribution in [-0.2, 0) is 10.2 Å². The van der Waals surface area contributed by atoms with E-state index in [-0.39, 0.29) is 5.54 Å². The van der Waals surface area contributed by atoms with Crippen LogP contribution in [0.3, 0.4) is 0 Å². The van der Waals surface area contributed by atoms with Crippen LogP contribution < -0.4 is 5.73 Å². The Hall–Kier alpha value is -0.170. The summed E-state index contributed by atoms with van der Waals surface area (Å²) < 4.78 is 27.2. The number of piperidine rings is 1. The maximum Gasteiger partial charge on any atom is 0.282 e. The lowest BCUT2D eigenvalue weighted by Gasteiger charge is -2.46. The van der Waals surface area contributed by atoms with Crippen LogP contribution in [0.15, 0.2) is 0 Å². The summed E-state index contributed by atoms with van der Waals surface area (Å²) in [6.45, 7) is 4.12. The third-order valence-corrected chi connectivity index (χ3v) is 4.97. The van der Waals surface area contributed by atoms with Crippen LogP contribution in [0.25, 0.3) is 0 Å². The van der Waals surface area contributed by atoms with Crippen molar-refractivity contribution < 1.29 is 8.42 Å². The van der Waals surface area contributed by atoms with Crippen LogP contribution in [0.5, 0.6) is 0 Å². The minimum atomic E-state index is -3.21. The molecule has 2 aliphatic heterocycles. The molecule has 0 bridgehead atoms. The minimum Gasteiger partial charge on any atom is -0.323 e. The molecule has 6 heteroatoms. The van der Waals surface area contributed by atoms with Crippen molar-refractivity contribution in [3.05, 3.63) is 0 Å². The first-order chi connectivity index (χ1) is 6.92. The number of hydrogen-bond donors (Lipinski definition) is 1. The lowest BCUT2D eigenvalue weighted by molar-refractivity contribution is 0.160. The molecule has 2 heterocycles. The van der Waals surface area contributed by atoms with Crippen molar-refractivity contribution >= 4 is 10.2 Å². The first-order valence-corrected chi connectivity index (χ1v) is 6.86.